The van der Waals surface area contributed by atoms with Gasteiger partial charge in [0.15, 0.2) is 0 Å². The van der Waals surface area contributed by atoms with E-state index in [1.807, 2.05) is 0 Å². The molecule has 4 bridgehead atoms. The first-order valence-corrected chi connectivity index (χ1v) is 5.80. The molecule has 1 nitrogen and oxygen atoms in total. The van der Waals surface area contributed by atoms with Gasteiger partial charge in [0.05, 0.1) is 0 Å². The summed E-state index contributed by atoms with van der Waals surface area (Å²) in [7, 11) is 0. The highest BCUT2D eigenvalue weighted by molar-refractivity contribution is 5.00. The van der Waals surface area contributed by atoms with Gasteiger partial charge in [0, 0.05) is 0 Å². The molecule has 0 aromatic heterocycles. The summed E-state index contributed by atoms with van der Waals surface area (Å²) < 4.78 is 0. The third kappa shape index (κ3) is 1.32. The van der Waals surface area contributed by atoms with Crippen LogP contribution < -0.4 is 6.15 Å². The normalized spacial score (nSPS) is 51.9. The van der Waals surface area contributed by atoms with E-state index in [2.05, 4.69) is 6.92 Å². The third-order valence-corrected chi connectivity index (χ3v) is 4.92. The molecule has 0 saturated heterocycles. The summed E-state index contributed by atoms with van der Waals surface area (Å²) in [5, 5.41) is 0. The molecular weight excluding hydrogens is 158 g/mol. The van der Waals surface area contributed by atoms with Crippen LogP contribution >= 0.6 is 0 Å². The zero-order valence-electron chi connectivity index (χ0n) is 8.89. The van der Waals surface area contributed by atoms with E-state index in [1.54, 1.807) is 38.5 Å². The molecular formula is C12H23N. The van der Waals surface area contributed by atoms with Crippen LogP contribution in [0.25, 0.3) is 0 Å². The van der Waals surface area contributed by atoms with Crippen molar-refractivity contribution in [2.45, 2.75) is 51.9 Å². The lowest BCUT2D eigenvalue weighted by Gasteiger charge is -2.56. The van der Waals surface area contributed by atoms with Gasteiger partial charge >= 0.3 is 0 Å². The van der Waals surface area contributed by atoms with Gasteiger partial charge in [-0.25, -0.2) is 0 Å². The minimum absolute atomic E-state index is 0. The molecule has 0 aliphatic heterocycles. The van der Waals surface area contributed by atoms with Gasteiger partial charge in [-0.3, -0.25) is 0 Å². The lowest BCUT2D eigenvalue weighted by molar-refractivity contribution is -0.0545. The van der Waals surface area contributed by atoms with Crippen molar-refractivity contribution < 1.29 is 0 Å². The molecule has 4 aliphatic rings. The van der Waals surface area contributed by atoms with E-state index in [0.29, 0.717) is 0 Å². The van der Waals surface area contributed by atoms with E-state index in [0.717, 1.165) is 23.2 Å². The highest BCUT2D eigenvalue weighted by atomic mass is 14.5. The van der Waals surface area contributed by atoms with Crippen LogP contribution in [-0.2, 0) is 0 Å². The van der Waals surface area contributed by atoms with Crippen LogP contribution in [0.3, 0.4) is 0 Å². The molecule has 0 unspecified atom stereocenters. The third-order valence-electron chi connectivity index (χ3n) is 4.92. The van der Waals surface area contributed by atoms with Crippen LogP contribution in [0.2, 0.25) is 0 Å². The van der Waals surface area contributed by atoms with Crippen molar-refractivity contribution >= 4 is 0 Å². The van der Waals surface area contributed by atoms with E-state index in [-0.39, 0.29) is 6.15 Å². The van der Waals surface area contributed by atoms with Crippen LogP contribution in [0.15, 0.2) is 0 Å². The quantitative estimate of drug-likeness (QED) is 0.656. The average Bonchev–Trinajstić information content (AvgIpc) is 2.02. The minimum atomic E-state index is 0. The fraction of sp³-hybridized carbons (Fsp3) is 1.00. The lowest BCUT2D eigenvalue weighted by Crippen LogP contribution is -2.45. The molecule has 76 valence electrons. The molecule has 4 rings (SSSR count). The standard InChI is InChI=1S/C12H20.H3N/c1-2-12-6-9-3-10(7-12)5-11(4-9)8-12;/h9-11H,2-8H2,1H3;1H3. The van der Waals surface area contributed by atoms with E-state index >= 15 is 0 Å². The highest BCUT2D eigenvalue weighted by Crippen LogP contribution is 2.61. The molecule has 3 N–H and O–H groups in total. The molecule has 4 aliphatic carbocycles. The summed E-state index contributed by atoms with van der Waals surface area (Å²) in [6.07, 6.45) is 11.0. The second-order valence-corrected chi connectivity index (χ2v) is 5.77. The number of rotatable bonds is 1. The van der Waals surface area contributed by atoms with Crippen molar-refractivity contribution in [2.24, 2.45) is 23.2 Å². The summed E-state index contributed by atoms with van der Waals surface area (Å²) in [4.78, 5) is 0. The second kappa shape index (κ2) is 2.98. The molecule has 4 saturated carbocycles. The topological polar surface area (TPSA) is 35.0 Å². The van der Waals surface area contributed by atoms with Gasteiger partial charge in [-0.05, 0) is 61.7 Å². The Labute approximate surface area is 81.9 Å². The summed E-state index contributed by atoms with van der Waals surface area (Å²) in [5.41, 5.74) is 0.842. The van der Waals surface area contributed by atoms with Crippen LogP contribution in [0.1, 0.15) is 51.9 Å². The molecule has 0 radical (unpaired) electrons. The molecule has 0 aromatic carbocycles. The van der Waals surface area contributed by atoms with Crippen LogP contribution in [-0.4, -0.2) is 0 Å². The summed E-state index contributed by atoms with van der Waals surface area (Å²) >= 11 is 0. The van der Waals surface area contributed by atoms with Gasteiger partial charge in [-0.15, -0.1) is 0 Å². The lowest BCUT2D eigenvalue weighted by atomic mass is 9.49. The van der Waals surface area contributed by atoms with Crippen LogP contribution in [0.4, 0.5) is 0 Å². The zero-order valence-corrected chi connectivity index (χ0v) is 8.89. The summed E-state index contributed by atoms with van der Waals surface area (Å²) in [6.45, 7) is 2.42. The van der Waals surface area contributed by atoms with Crippen molar-refractivity contribution in [1.82, 2.24) is 6.15 Å². The maximum Gasteiger partial charge on any atom is -0.0292 e. The Balaban J connectivity index is 0.000000653. The molecule has 0 aromatic rings. The second-order valence-electron chi connectivity index (χ2n) is 5.77. The van der Waals surface area contributed by atoms with Gasteiger partial charge < -0.3 is 6.15 Å². The monoisotopic (exact) mass is 181 g/mol. The zero-order chi connectivity index (χ0) is 8.18. The van der Waals surface area contributed by atoms with E-state index in [9.17, 15) is 0 Å². The van der Waals surface area contributed by atoms with Crippen molar-refractivity contribution in [1.29, 1.82) is 0 Å². The van der Waals surface area contributed by atoms with Gasteiger partial charge in [0.1, 0.15) is 0 Å². The Hall–Kier alpha value is -0.0400. The van der Waals surface area contributed by atoms with Crippen LogP contribution in [0, 0.1) is 23.2 Å². The van der Waals surface area contributed by atoms with E-state index in [4.69, 9.17) is 0 Å². The molecule has 0 atom stereocenters. The van der Waals surface area contributed by atoms with Crippen molar-refractivity contribution in [2.75, 3.05) is 0 Å². The molecule has 0 amide bonds. The Morgan fingerprint density at radius 2 is 1.31 bits per heavy atom. The minimum Gasteiger partial charge on any atom is -0.344 e. The Morgan fingerprint density at radius 3 is 1.62 bits per heavy atom. The fourth-order valence-electron chi connectivity index (χ4n) is 4.72. The molecule has 4 fully saturated rings. The van der Waals surface area contributed by atoms with E-state index < -0.39 is 0 Å². The first-order chi connectivity index (χ1) is 5.80. The predicted octanol–water partition coefficient (Wildman–Crippen LogP) is 3.77. The average molecular weight is 181 g/mol. The number of hydrogen-bond donors (Lipinski definition) is 1. The maximum atomic E-state index is 2.42. The van der Waals surface area contributed by atoms with Crippen molar-refractivity contribution in [3.8, 4) is 0 Å². The molecule has 13 heavy (non-hydrogen) atoms. The summed E-state index contributed by atoms with van der Waals surface area (Å²) in [5.74, 6) is 3.45. The first kappa shape index (κ1) is 9.51. The highest BCUT2D eigenvalue weighted by Gasteiger charge is 2.49. The Morgan fingerprint density at radius 1 is 0.923 bits per heavy atom. The largest absolute Gasteiger partial charge is 0.344 e. The molecule has 0 spiro atoms. The van der Waals surface area contributed by atoms with Gasteiger partial charge in [-0.2, -0.15) is 0 Å². The van der Waals surface area contributed by atoms with Gasteiger partial charge in [0.25, 0.3) is 0 Å². The SMILES string of the molecule is CCC12CC3CC(CC(C3)C1)C2.N. The molecule has 0 heterocycles. The first-order valence-electron chi connectivity index (χ1n) is 5.80. The van der Waals surface area contributed by atoms with Gasteiger partial charge in [-0.1, -0.05) is 13.3 Å². The van der Waals surface area contributed by atoms with Crippen LogP contribution in [0.5, 0.6) is 0 Å². The van der Waals surface area contributed by atoms with Gasteiger partial charge in [0.2, 0.25) is 0 Å². The van der Waals surface area contributed by atoms with E-state index in [1.165, 1.54) is 6.42 Å². The summed E-state index contributed by atoms with van der Waals surface area (Å²) in [6, 6.07) is 0. The fourth-order valence-corrected chi connectivity index (χ4v) is 4.72. The number of hydrogen-bond acceptors (Lipinski definition) is 1. The van der Waals surface area contributed by atoms with Crippen molar-refractivity contribution in [3.63, 3.8) is 0 Å². The molecule has 1 heteroatoms. The Bertz CT molecular complexity index is 162. The maximum absolute atomic E-state index is 2.42. The Kier molecular flexibility index (Phi) is 2.18. The predicted molar refractivity (Wildman–Crippen MR) is 55.9 cm³/mol. The smallest absolute Gasteiger partial charge is 0.0292 e. The van der Waals surface area contributed by atoms with Crippen molar-refractivity contribution in [3.05, 3.63) is 0 Å².